The van der Waals surface area contributed by atoms with Gasteiger partial charge in [0.15, 0.2) is 0 Å². The molecular weight excluding hydrogens is 588 g/mol. The summed E-state index contributed by atoms with van der Waals surface area (Å²) in [5.41, 5.74) is 5.77. The largest absolute Gasteiger partial charge is 0.388 e. The number of hydrogen-bond donors (Lipinski definition) is 3. The molecule has 1 saturated heterocycles. The fourth-order valence-corrected chi connectivity index (χ4v) is 6.71. The molecule has 1 aliphatic rings. The predicted octanol–water partition coefficient (Wildman–Crippen LogP) is 5.19. The Labute approximate surface area is 273 Å². The minimum Gasteiger partial charge on any atom is -0.388 e. The van der Waals surface area contributed by atoms with Gasteiger partial charge in [-0.05, 0) is 58.9 Å². The van der Waals surface area contributed by atoms with E-state index in [2.05, 4.69) is 21.4 Å². The first-order valence-corrected chi connectivity index (χ1v) is 16.0. The molecule has 0 unspecified atom stereocenters. The lowest BCUT2D eigenvalue weighted by molar-refractivity contribution is -0.0408. The van der Waals surface area contributed by atoms with Crippen LogP contribution in [0.25, 0.3) is 10.9 Å². The molecule has 6 aromatic rings. The maximum Gasteiger partial charge on any atom is 0.321 e. The molecule has 0 saturated carbocycles. The monoisotopic (exact) mass is 626 g/mol. The number of carbonyl (C=O) groups is 1. The van der Waals surface area contributed by atoms with Crippen LogP contribution in [0.5, 0.6) is 0 Å². The van der Waals surface area contributed by atoms with Gasteiger partial charge < -0.3 is 20.0 Å². The fourth-order valence-electron chi connectivity index (χ4n) is 6.71. The second-order valence-electron chi connectivity index (χ2n) is 12.3. The zero-order valence-electron chi connectivity index (χ0n) is 26.0. The number of nitrogens with zero attached hydrogens (tertiary/aromatic N) is 5. The summed E-state index contributed by atoms with van der Waals surface area (Å²) in [5, 5.41) is 36.5. The van der Waals surface area contributed by atoms with Crippen molar-refractivity contribution in [2.75, 3.05) is 0 Å². The highest BCUT2D eigenvalue weighted by Gasteiger charge is 2.46. The normalized spacial score (nSPS) is 20.1. The Bertz CT molecular complexity index is 1910. The molecule has 2 amide bonds. The molecule has 4 aromatic carbocycles. The summed E-state index contributed by atoms with van der Waals surface area (Å²) in [5.74, 6) is 0. The smallest absolute Gasteiger partial charge is 0.321 e. The number of hydrogen-bond acceptors (Lipinski definition) is 5. The zero-order valence-corrected chi connectivity index (χ0v) is 26.0. The Morgan fingerprint density at radius 2 is 1.21 bits per heavy atom. The summed E-state index contributed by atoms with van der Waals surface area (Å²) >= 11 is 0. The van der Waals surface area contributed by atoms with Crippen molar-refractivity contribution in [3.05, 3.63) is 156 Å². The van der Waals surface area contributed by atoms with Crippen LogP contribution in [-0.2, 0) is 32.5 Å². The Kier molecular flexibility index (Phi) is 8.81. The lowest BCUT2D eigenvalue weighted by Crippen LogP contribution is -2.50. The number of H-pyrrole nitrogens is 1. The first kappa shape index (κ1) is 30.4. The van der Waals surface area contributed by atoms with E-state index in [-0.39, 0.29) is 19.1 Å². The Morgan fingerprint density at radius 3 is 1.81 bits per heavy atom. The van der Waals surface area contributed by atoms with E-state index in [1.165, 1.54) is 0 Å². The molecule has 9 heteroatoms. The van der Waals surface area contributed by atoms with Gasteiger partial charge in [-0.15, -0.1) is 0 Å². The third-order valence-electron chi connectivity index (χ3n) is 9.11. The SMILES string of the molecule is O=C1N(Cc2cccc(Cn3cccn3)c2)[C@H](Cc2ccccc2)[C@H](O)[C@@H](O)[C@@H](Cc2ccccc2)N1Cc1ccc2[nH]ncc2c1. The second-order valence-corrected chi connectivity index (χ2v) is 12.3. The van der Waals surface area contributed by atoms with Crippen LogP contribution < -0.4 is 0 Å². The number of aromatic nitrogens is 4. The van der Waals surface area contributed by atoms with Gasteiger partial charge >= 0.3 is 6.03 Å². The molecule has 0 radical (unpaired) electrons. The highest BCUT2D eigenvalue weighted by atomic mass is 16.3. The van der Waals surface area contributed by atoms with Gasteiger partial charge in [-0.25, -0.2) is 4.79 Å². The molecule has 0 aliphatic carbocycles. The highest BCUT2D eigenvalue weighted by molar-refractivity contribution is 5.79. The molecule has 3 N–H and O–H groups in total. The zero-order chi connectivity index (χ0) is 32.2. The second kappa shape index (κ2) is 13.6. The molecule has 9 nitrogen and oxygen atoms in total. The molecular formula is C38H38N6O3. The van der Waals surface area contributed by atoms with Crippen LogP contribution in [0.4, 0.5) is 4.79 Å². The van der Waals surface area contributed by atoms with Crippen LogP contribution in [0.1, 0.15) is 27.8 Å². The van der Waals surface area contributed by atoms with Crippen molar-refractivity contribution in [1.82, 2.24) is 29.8 Å². The molecule has 3 heterocycles. The van der Waals surface area contributed by atoms with Crippen LogP contribution in [0, 0.1) is 0 Å². The first-order valence-electron chi connectivity index (χ1n) is 16.0. The van der Waals surface area contributed by atoms with Gasteiger partial charge in [0.25, 0.3) is 0 Å². The third-order valence-corrected chi connectivity index (χ3v) is 9.11. The lowest BCUT2D eigenvalue weighted by atomic mass is 9.91. The van der Waals surface area contributed by atoms with E-state index in [4.69, 9.17) is 0 Å². The van der Waals surface area contributed by atoms with Gasteiger partial charge in [-0.2, -0.15) is 10.2 Å². The van der Waals surface area contributed by atoms with E-state index in [1.807, 2.05) is 114 Å². The van der Waals surface area contributed by atoms with E-state index >= 15 is 0 Å². The minimum atomic E-state index is -1.19. The van der Waals surface area contributed by atoms with E-state index in [0.717, 1.165) is 38.7 Å². The van der Waals surface area contributed by atoms with Crippen LogP contribution in [0.3, 0.4) is 0 Å². The van der Waals surface area contributed by atoms with Crippen molar-refractivity contribution in [2.24, 2.45) is 0 Å². The number of aliphatic hydroxyl groups excluding tert-OH is 2. The molecule has 1 fully saturated rings. The van der Waals surface area contributed by atoms with E-state index in [0.29, 0.717) is 19.4 Å². The summed E-state index contributed by atoms with van der Waals surface area (Å²) < 4.78 is 1.86. The minimum absolute atomic E-state index is 0.229. The number of amides is 2. The summed E-state index contributed by atoms with van der Waals surface area (Å²) in [4.78, 5) is 18.5. The number of carbonyl (C=O) groups excluding carboxylic acids is 1. The Balaban J connectivity index is 1.28. The quantitative estimate of drug-likeness (QED) is 0.194. The number of nitrogens with one attached hydrogen (secondary N) is 1. The fraction of sp³-hybridized carbons (Fsp3) is 0.237. The van der Waals surface area contributed by atoms with Crippen molar-refractivity contribution < 1.29 is 15.0 Å². The van der Waals surface area contributed by atoms with Gasteiger partial charge in [-0.1, -0.05) is 91.0 Å². The first-order chi connectivity index (χ1) is 23.0. The molecule has 2 aromatic heterocycles. The van der Waals surface area contributed by atoms with Crippen LogP contribution in [-0.4, -0.2) is 70.3 Å². The third kappa shape index (κ3) is 6.82. The van der Waals surface area contributed by atoms with Crippen molar-refractivity contribution >= 4 is 16.9 Å². The summed E-state index contributed by atoms with van der Waals surface area (Å²) in [6, 6.07) is 34.1. The number of rotatable bonds is 10. The molecule has 4 atom stereocenters. The topological polar surface area (TPSA) is 111 Å². The maximum absolute atomic E-state index is 15.0. The number of fused-ring (bicyclic) bond motifs is 1. The molecule has 238 valence electrons. The Hall–Kier alpha value is -5.25. The van der Waals surface area contributed by atoms with Gasteiger partial charge in [-0.3, -0.25) is 9.78 Å². The molecule has 1 aliphatic heterocycles. The van der Waals surface area contributed by atoms with Crippen molar-refractivity contribution in [3.8, 4) is 0 Å². The van der Waals surface area contributed by atoms with E-state index in [9.17, 15) is 15.0 Å². The van der Waals surface area contributed by atoms with Crippen LogP contribution in [0.15, 0.2) is 128 Å². The summed E-state index contributed by atoms with van der Waals surface area (Å²) in [6.07, 6.45) is 3.84. The average molecular weight is 627 g/mol. The summed E-state index contributed by atoms with van der Waals surface area (Å²) in [7, 11) is 0. The van der Waals surface area contributed by atoms with Gasteiger partial charge in [0, 0.05) is 30.9 Å². The highest BCUT2D eigenvalue weighted by Crippen LogP contribution is 2.30. The van der Waals surface area contributed by atoms with Gasteiger partial charge in [0.05, 0.1) is 30.3 Å². The van der Waals surface area contributed by atoms with Crippen molar-refractivity contribution in [2.45, 2.75) is 56.8 Å². The number of aliphatic hydroxyl groups is 2. The molecule has 47 heavy (non-hydrogen) atoms. The summed E-state index contributed by atoms with van der Waals surface area (Å²) in [6.45, 7) is 1.13. The number of aromatic amines is 1. The number of benzene rings is 4. The Morgan fingerprint density at radius 1 is 0.638 bits per heavy atom. The average Bonchev–Trinajstić information content (AvgIpc) is 3.79. The molecule has 0 spiro atoms. The number of urea groups is 1. The predicted molar refractivity (Wildman–Crippen MR) is 180 cm³/mol. The molecule has 7 rings (SSSR count). The van der Waals surface area contributed by atoms with Crippen LogP contribution >= 0.6 is 0 Å². The standard InChI is InChI=1S/C38H38N6O3/c45-36-34(21-27-9-3-1-4-10-27)43(25-30-14-7-13-29(19-30)24-42-18-8-17-40-42)38(47)44(26-31-15-16-33-32(20-31)23-39-41-33)35(37(36)46)22-28-11-5-2-6-12-28/h1-20,23,34-37,45-46H,21-22,24-26H2,(H,39,41)/t34-,35-,36+,37+/m1/s1. The lowest BCUT2D eigenvalue weighted by Gasteiger charge is -2.36. The van der Waals surface area contributed by atoms with E-state index in [1.54, 1.807) is 22.2 Å². The molecule has 0 bridgehead atoms. The van der Waals surface area contributed by atoms with Crippen molar-refractivity contribution in [1.29, 1.82) is 0 Å². The van der Waals surface area contributed by atoms with E-state index < -0.39 is 24.3 Å². The van der Waals surface area contributed by atoms with Gasteiger partial charge in [0.2, 0.25) is 0 Å². The van der Waals surface area contributed by atoms with Gasteiger partial charge in [0.1, 0.15) is 12.2 Å². The van der Waals surface area contributed by atoms with Crippen molar-refractivity contribution in [3.63, 3.8) is 0 Å². The van der Waals surface area contributed by atoms with Crippen LogP contribution in [0.2, 0.25) is 0 Å². The maximum atomic E-state index is 15.0.